The van der Waals surface area contributed by atoms with E-state index in [1.807, 2.05) is 35.2 Å². The third-order valence-electron chi connectivity index (χ3n) is 4.08. The van der Waals surface area contributed by atoms with Gasteiger partial charge >= 0.3 is 0 Å². The molecule has 0 spiro atoms. The van der Waals surface area contributed by atoms with Crippen molar-refractivity contribution in [1.82, 2.24) is 4.57 Å². The van der Waals surface area contributed by atoms with Crippen LogP contribution in [0.15, 0.2) is 64.4 Å². The van der Waals surface area contributed by atoms with Crippen molar-refractivity contribution in [3.63, 3.8) is 0 Å². The molecule has 0 N–H and O–H groups in total. The molecule has 1 aromatic heterocycles. The molecule has 1 aliphatic rings. The average molecular weight is 366 g/mol. The molecule has 26 heavy (non-hydrogen) atoms. The predicted octanol–water partition coefficient (Wildman–Crippen LogP) is 1.70. The maximum absolute atomic E-state index is 12.7. The number of fused-ring (bicyclic) bond motifs is 1. The molecule has 0 atom stereocenters. The minimum absolute atomic E-state index is 0.000103. The Balaban J connectivity index is 1.72. The molecule has 130 valence electrons. The van der Waals surface area contributed by atoms with Crippen molar-refractivity contribution in [1.29, 1.82) is 0 Å². The van der Waals surface area contributed by atoms with Gasteiger partial charge in [-0.2, -0.15) is 0 Å². The van der Waals surface area contributed by atoms with Crippen molar-refractivity contribution in [2.24, 2.45) is 4.99 Å². The van der Waals surface area contributed by atoms with Crippen LogP contribution in [0, 0.1) is 10.1 Å². The molecule has 2 aromatic carbocycles. The SMILES string of the molecule is O=c1/c(=C/c2cccc([N+](=O)[O-])c2)sc2n1CN(c1ccccc1)CN=2. The average Bonchev–Trinajstić information content (AvgIpc) is 2.98. The molecule has 0 radical (unpaired) electrons. The first-order chi connectivity index (χ1) is 12.6. The maximum atomic E-state index is 12.7. The summed E-state index contributed by atoms with van der Waals surface area (Å²) < 4.78 is 2.14. The number of benzene rings is 2. The van der Waals surface area contributed by atoms with Gasteiger partial charge in [0.25, 0.3) is 11.2 Å². The highest BCUT2D eigenvalue weighted by Crippen LogP contribution is 2.15. The third-order valence-corrected chi connectivity index (χ3v) is 5.12. The van der Waals surface area contributed by atoms with Crippen LogP contribution in [0.2, 0.25) is 0 Å². The summed E-state index contributed by atoms with van der Waals surface area (Å²) in [7, 11) is 0. The second kappa shape index (κ2) is 6.57. The number of nitrogens with zero attached hydrogens (tertiary/aromatic N) is 4. The number of non-ortho nitro benzene ring substituents is 1. The van der Waals surface area contributed by atoms with Crippen LogP contribution in [0.5, 0.6) is 0 Å². The first-order valence-corrected chi connectivity index (χ1v) is 8.74. The summed E-state index contributed by atoms with van der Waals surface area (Å²) >= 11 is 1.30. The Labute approximate surface area is 151 Å². The Morgan fingerprint density at radius 1 is 1.15 bits per heavy atom. The van der Waals surface area contributed by atoms with Gasteiger partial charge in [-0.1, -0.05) is 41.7 Å². The molecule has 2 heterocycles. The number of hydrogen-bond acceptors (Lipinski definition) is 6. The van der Waals surface area contributed by atoms with E-state index < -0.39 is 4.92 Å². The van der Waals surface area contributed by atoms with E-state index in [1.165, 1.54) is 23.5 Å². The molecule has 0 unspecified atom stereocenters. The summed E-state index contributed by atoms with van der Waals surface area (Å²) in [5.74, 6) is 0. The highest BCUT2D eigenvalue weighted by atomic mass is 32.1. The zero-order valence-corrected chi connectivity index (χ0v) is 14.4. The quantitative estimate of drug-likeness (QED) is 0.522. The maximum Gasteiger partial charge on any atom is 0.271 e. The molecule has 1 aliphatic heterocycles. The van der Waals surface area contributed by atoms with E-state index in [9.17, 15) is 14.9 Å². The van der Waals surface area contributed by atoms with Crippen molar-refractivity contribution in [2.75, 3.05) is 11.6 Å². The Morgan fingerprint density at radius 3 is 2.73 bits per heavy atom. The Hall–Kier alpha value is -3.26. The predicted molar refractivity (Wildman–Crippen MR) is 99.8 cm³/mol. The lowest BCUT2D eigenvalue weighted by molar-refractivity contribution is -0.384. The molecule has 0 saturated heterocycles. The van der Waals surface area contributed by atoms with Crippen LogP contribution in [0.3, 0.4) is 0 Å². The van der Waals surface area contributed by atoms with E-state index >= 15 is 0 Å². The van der Waals surface area contributed by atoms with Crippen LogP contribution in [-0.2, 0) is 6.67 Å². The summed E-state index contributed by atoms with van der Waals surface area (Å²) in [5, 5.41) is 10.9. The minimum Gasteiger partial charge on any atom is -0.334 e. The van der Waals surface area contributed by atoms with Gasteiger partial charge in [0.1, 0.15) is 13.3 Å². The van der Waals surface area contributed by atoms with E-state index in [-0.39, 0.29) is 11.2 Å². The lowest BCUT2D eigenvalue weighted by atomic mass is 10.2. The summed E-state index contributed by atoms with van der Waals surface area (Å²) in [6.45, 7) is 0.918. The number of aromatic nitrogens is 1. The van der Waals surface area contributed by atoms with Crippen molar-refractivity contribution < 1.29 is 4.92 Å². The highest BCUT2D eigenvalue weighted by molar-refractivity contribution is 7.07. The van der Waals surface area contributed by atoms with Gasteiger partial charge in [0.15, 0.2) is 4.80 Å². The minimum atomic E-state index is -0.448. The van der Waals surface area contributed by atoms with Gasteiger partial charge in [0.05, 0.1) is 9.46 Å². The van der Waals surface area contributed by atoms with Gasteiger partial charge in [-0.15, -0.1) is 0 Å². The molecule has 4 rings (SSSR count). The molecule has 0 bridgehead atoms. The van der Waals surface area contributed by atoms with Gasteiger partial charge < -0.3 is 4.90 Å². The number of nitro benzene ring substituents is 1. The third kappa shape index (κ3) is 3.02. The molecule has 0 aliphatic carbocycles. The molecule has 0 fully saturated rings. The number of thiazole rings is 1. The van der Waals surface area contributed by atoms with Crippen LogP contribution in [-0.4, -0.2) is 16.2 Å². The Kier molecular flexibility index (Phi) is 4.10. The molecule has 0 amide bonds. The van der Waals surface area contributed by atoms with Crippen LogP contribution >= 0.6 is 11.3 Å². The zero-order valence-electron chi connectivity index (χ0n) is 13.6. The number of anilines is 1. The smallest absolute Gasteiger partial charge is 0.271 e. The van der Waals surface area contributed by atoms with Crippen LogP contribution in [0.25, 0.3) is 6.08 Å². The summed E-state index contributed by atoms with van der Waals surface area (Å²) in [6.07, 6.45) is 1.67. The fourth-order valence-corrected chi connectivity index (χ4v) is 3.76. The van der Waals surface area contributed by atoms with E-state index in [0.717, 1.165) is 5.69 Å². The standard InChI is InChI=1S/C18H14N4O3S/c23-17-16(10-13-5-4-8-15(9-13)22(24)25)26-18-19-11-20(12-21(17)18)14-6-2-1-3-7-14/h1-10H,11-12H2/b16-10-. The molecular formula is C18H14N4O3S. The number of rotatable bonds is 3. The van der Waals surface area contributed by atoms with Gasteiger partial charge in [0, 0.05) is 17.8 Å². The van der Waals surface area contributed by atoms with Crippen molar-refractivity contribution >= 4 is 28.8 Å². The molecule has 8 heteroatoms. The van der Waals surface area contributed by atoms with E-state index in [1.54, 1.807) is 22.8 Å². The van der Waals surface area contributed by atoms with Gasteiger partial charge in [-0.3, -0.25) is 19.5 Å². The first kappa shape index (κ1) is 16.2. The second-order valence-electron chi connectivity index (χ2n) is 5.79. The first-order valence-electron chi connectivity index (χ1n) is 7.92. The fourth-order valence-electron chi connectivity index (χ4n) is 2.79. The number of para-hydroxylation sites is 1. The van der Waals surface area contributed by atoms with E-state index in [2.05, 4.69) is 4.99 Å². The van der Waals surface area contributed by atoms with Gasteiger partial charge in [0.2, 0.25) is 0 Å². The number of nitro groups is 1. The molecule has 3 aromatic rings. The summed E-state index contributed by atoms with van der Waals surface area (Å²) in [6, 6.07) is 16.0. The normalized spacial score (nSPS) is 14.0. The van der Waals surface area contributed by atoms with E-state index in [0.29, 0.717) is 28.2 Å². The summed E-state index contributed by atoms with van der Waals surface area (Å²) in [4.78, 5) is 30.4. The van der Waals surface area contributed by atoms with Crippen LogP contribution < -0.4 is 19.8 Å². The lowest BCUT2D eigenvalue weighted by Crippen LogP contribution is -2.42. The Morgan fingerprint density at radius 2 is 1.96 bits per heavy atom. The highest BCUT2D eigenvalue weighted by Gasteiger charge is 2.15. The molecular weight excluding hydrogens is 352 g/mol. The topological polar surface area (TPSA) is 80.7 Å². The van der Waals surface area contributed by atoms with Gasteiger partial charge in [-0.25, -0.2) is 4.99 Å². The van der Waals surface area contributed by atoms with Crippen LogP contribution in [0.1, 0.15) is 5.56 Å². The monoisotopic (exact) mass is 366 g/mol. The van der Waals surface area contributed by atoms with Crippen molar-refractivity contribution in [3.05, 3.63) is 90.0 Å². The zero-order chi connectivity index (χ0) is 18.1. The van der Waals surface area contributed by atoms with E-state index in [4.69, 9.17) is 0 Å². The molecule has 0 saturated carbocycles. The second-order valence-corrected chi connectivity index (χ2v) is 6.80. The van der Waals surface area contributed by atoms with Crippen molar-refractivity contribution in [3.8, 4) is 0 Å². The summed E-state index contributed by atoms with van der Waals surface area (Å²) in [5.41, 5.74) is 1.49. The van der Waals surface area contributed by atoms with Crippen molar-refractivity contribution in [2.45, 2.75) is 6.67 Å². The fraction of sp³-hybridized carbons (Fsp3) is 0.111. The number of hydrogen-bond donors (Lipinski definition) is 0. The molecule has 7 nitrogen and oxygen atoms in total. The lowest BCUT2D eigenvalue weighted by Gasteiger charge is -2.25. The Bertz CT molecular complexity index is 1150. The van der Waals surface area contributed by atoms with Gasteiger partial charge in [-0.05, 0) is 23.8 Å². The van der Waals surface area contributed by atoms with Crippen LogP contribution in [0.4, 0.5) is 11.4 Å². The largest absolute Gasteiger partial charge is 0.334 e.